The third-order valence-corrected chi connectivity index (χ3v) is 10.6. The molecule has 1 rings (SSSR count). The summed E-state index contributed by atoms with van der Waals surface area (Å²) in [5.41, 5.74) is 0. The second-order valence-corrected chi connectivity index (χ2v) is 14.9. The Hall–Kier alpha value is -0.163. The van der Waals surface area contributed by atoms with E-state index in [1.165, 1.54) is 0 Å². The molecule has 0 saturated carbocycles. The molecular formula is C22H44O3Si. The Balaban J connectivity index is 2.70. The van der Waals surface area contributed by atoms with E-state index < -0.39 is 14.1 Å². The summed E-state index contributed by atoms with van der Waals surface area (Å²) in [6.45, 7) is 24.5. The molecule has 3 nitrogen and oxygen atoms in total. The molecule has 0 N–H and O–H groups in total. The maximum atomic E-state index is 6.55. The predicted octanol–water partition coefficient (Wildman–Crippen LogP) is 6.55. The highest BCUT2D eigenvalue weighted by molar-refractivity contribution is 6.74. The fourth-order valence-corrected chi connectivity index (χ4v) is 4.68. The van der Waals surface area contributed by atoms with Crippen LogP contribution in [0.2, 0.25) is 18.1 Å². The van der Waals surface area contributed by atoms with E-state index >= 15 is 0 Å². The SMILES string of the molecule is CCC[C@@H]1OC(C)(C)O[C@@H]1C(C)/C=C\[C@@H](C)[C@H](C)O[Si](C)(C)C(C)(C)C. The van der Waals surface area contributed by atoms with Crippen molar-refractivity contribution < 1.29 is 13.9 Å². The molecule has 0 radical (unpaired) electrons. The van der Waals surface area contributed by atoms with Crippen LogP contribution in [-0.2, 0) is 13.9 Å². The van der Waals surface area contributed by atoms with Crippen LogP contribution in [0.4, 0.5) is 0 Å². The predicted molar refractivity (Wildman–Crippen MR) is 114 cm³/mol. The minimum absolute atomic E-state index is 0.130. The molecule has 1 fully saturated rings. The van der Waals surface area contributed by atoms with Crippen molar-refractivity contribution in [2.75, 3.05) is 0 Å². The van der Waals surface area contributed by atoms with Gasteiger partial charge in [-0.2, -0.15) is 0 Å². The van der Waals surface area contributed by atoms with Crippen LogP contribution in [0.15, 0.2) is 12.2 Å². The molecule has 0 bridgehead atoms. The van der Waals surface area contributed by atoms with E-state index in [-0.39, 0.29) is 23.4 Å². The Morgan fingerprint density at radius 1 is 1.08 bits per heavy atom. The lowest BCUT2D eigenvalue weighted by Gasteiger charge is -2.39. The molecule has 4 heteroatoms. The van der Waals surface area contributed by atoms with Gasteiger partial charge in [-0.1, -0.05) is 60.1 Å². The second-order valence-electron chi connectivity index (χ2n) is 10.1. The fraction of sp³-hybridized carbons (Fsp3) is 0.909. The van der Waals surface area contributed by atoms with Gasteiger partial charge in [0.05, 0.1) is 12.2 Å². The summed E-state index contributed by atoms with van der Waals surface area (Å²) in [5.74, 6) is 0.235. The van der Waals surface area contributed by atoms with Crippen LogP contribution in [0, 0.1) is 11.8 Å². The second kappa shape index (κ2) is 8.89. The van der Waals surface area contributed by atoms with E-state index in [1.54, 1.807) is 0 Å². The first kappa shape index (κ1) is 23.9. The van der Waals surface area contributed by atoms with Gasteiger partial charge in [0.15, 0.2) is 14.1 Å². The van der Waals surface area contributed by atoms with Crippen LogP contribution in [-0.4, -0.2) is 32.4 Å². The van der Waals surface area contributed by atoms with E-state index in [0.717, 1.165) is 12.8 Å². The number of hydrogen-bond donors (Lipinski definition) is 0. The Kier molecular flexibility index (Phi) is 8.17. The Morgan fingerprint density at radius 3 is 2.15 bits per heavy atom. The number of hydrogen-bond acceptors (Lipinski definition) is 3. The molecule has 0 aromatic rings. The van der Waals surface area contributed by atoms with Gasteiger partial charge < -0.3 is 13.9 Å². The maximum Gasteiger partial charge on any atom is 0.192 e. The lowest BCUT2D eigenvalue weighted by Crippen LogP contribution is -2.44. The summed E-state index contributed by atoms with van der Waals surface area (Å²) in [7, 11) is -1.73. The first-order valence-corrected chi connectivity index (χ1v) is 13.3. The molecule has 1 aliphatic heterocycles. The van der Waals surface area contributed by atoms with E-state index in [2.05, 4.69) is 73.7 Å². The first-order valence-electron chi connectivity index (χ1n) is 10.4. The fourth-order valence-electron chi connectivity index (χ4n) is 3.18. The normalized spacial score (nSPS) is 27.7. The van der Waals surface area contributed by atoms with Gasteiger partial charge >= 0.3 is 0 Å². The van der Waals surface area contributed by atoms with Crippen molar-refractivity contribution in [2.45, 2.75) is 117 Å². The van der Waals surface area contributed by atoms with Crippen molar-refractivity contribution in [3.05, 3.63) is 12.2 Å². The Bertz CT molecular complexity index is 464. The van der Waals surface area contributed by atoms with Crippen LogP contribution >= 0.6 is 0 Å². The topological polar surface area (TPSA) is 27.7 Å². The van der Waals surface area contributed by atoms with Crippen LogP contribution in [0.25, 0.3) is 0 Å². The first-order chi connectivity index (χ1) is 11.7. The smallest absolute Gasteiger partial charge is 0.192 e. The van der Waals surface area contributed by atoms with Crippen molar-refractivity contribution in [3.8, 4) is 0 Å². The Morgan fingerprint density at radius 2 is 1.65 bits per heavy atom. The number of rotatable bonds is 8. The molecule has 0 aromatic carbocycles. The lowest BCUT2D eigenvalue weighted by atomic mass is 9.94. The molecule has 1 unspecified atom stereocenters. The summed E-state index contributed by atoms with van der Waals surface area (Å²) in [6.07, 6.45) is 7.31. The van der Waals surface area contributed by atoms with Gasteiger partial charge in [-0.3, -0.25) is 0 Å². The van der Waals surface area contributed by atoms with Gasteiger partial charge in [-0.05, 0) is 51.2 Å². The zero-order chi connectivity index (χ0) is 20.3. The van der Waals surface area contributed by atoms with Crippen molar-refractivity contribution in [3.63, 3.8) is 0 Å². The minimum Gasteiger partial charge on any atom is -0.414 e. The van der Waals surface area contributed by atoms with Gasteiger partial charge in [-0.15, -0.1) is 0 Å². The Labute approximate surface area is 164 Å². The lowest BCUT2D eigenvalue weighted by molar-refractivity contribution is -0.149. The average molecular weight is 385 g/mol. The molecule has 0 aliphatic carbocycles. The molecule has 5 atom stereocenters. The van der Waals surface area contributed by atoms with E-state index in [0.29, 0.717) is 11.8 Å². The van der Waals surface area contributed by atoms with Gasteiger partial charge in [0.2, 0.25) is 0 Å². The average Bonchev–Trinajstić information content (AvgIpc) is 2.78. The summed E-state index contributed by atoms with van der Waals surface area (Å²) in [6, 6.07) is 0. The van der Waals surface area contributed by atoms with Crippen LogP contribution in [0.5, 0.6) is 0 Å². The summed E-state index contributed by atoms with van der Waals surface area (Å²) in [5, 5.41) is 0.242. The van der Waals surface area contributed by atoms with Gasteiger partial charge in [0.25, 0.3) is 0 Å². The largest absolute Gasteiger partial charge is 0.414 e. The molecule has 1 saturated heterocycles. The van der Waals surface area contributed by atoms with Gasteiger partial charge in [0, 0.05) is 12.0 Å². The monoisotopic (exact) mass is 384 g/mol. The zero-order valence-corrected chi connectivity index (χ0v) is 20.2. The van der Waals surface area contributed by atoms with Crippen LogP contribution in [0.3, 0.4) is 0 Å². The highest BCUT2D eigenvalue weighted by Gasteiger charge is 2.42. The third kappa shape index (κ3) is 6.47. The highest BCUT2D eigenvalue weighted by atomic mass is 28.4. The highest BCUT2D eigenvalue weighted by Crippen LogP contribution is 2.38. The van der Waals surface area contributed by atoms with E-state index in [9.17, 15) is 0 Å². The maximum absolute atomic E-state index is 6.55. The molecular weight excluding hydrogens is 340 g/mol. The molecule has 0 spiro atoms. The minimum atomic E-state index is -1.73. The van der Waals surface area contributed by atoms with Crippen molar-refractivity contribution in [1.82, 2.24) is 0 Å². The van der Waals surface area contributed by atoms with Crippen LogP contribution < -0.4 is 0 Å². The summed E-state index contributed by atoms with van der Waals surface area (Å²) < 4.78 is 18.8. The third-order valence-electron chi connectivity index (χ3n) is 6.06. The van der Waals surface area contributed by atoms with E-state index in [1.807, 2.05) is 13.8 Å². The zero-order valence-electron chi connectivity index (χ0n) is 19.2. The van der Waals surface area contributed by atoms with Gasteiger partial charge in [-0.25, -0.2) is 0 Å². The standard InChI is InChI=1S/C22H44O3Si/c1-12-13-19-20(24-22(8,9)23-19)17(3)15-14-16(2)18(4)25-26(10,11)21(5,6)7/h14-20H,12-13H2,1-11H3/b15-14-/t16-,17?,18+,19+,20-/m1/s1. The van der Waals surface area contributed by atoms with Crippen molar-refractivity contribution in [2.24, 2.45) is 11.8 Å². The van der Waals surface area contributed by atoms with Crippen LogP contribution in [0.1, 0.15) is 75.2 Å². The molecule has 1 heterocycles. The van der Waals surface area contributed by atoms with Gasteiger partial charge in [0.1, 0.15) is 0 Å². The summed E-state index contributed by atoms with van der Waals surface area (Å²) >= 11 is 0. The summed E-state index contributed by atoms with van der Waals surface area (Å²) in [4.78, 5) is 0. The molecule has 26 heavy (non-hydrogen) atoms. The van der Waals surface area contributed by atoms with Crippen molar-refractivity contribution in [1.29, 1.82) is 0 Å². The number of ether oxygens (including phenoxy) is 2. The molecule has 0 aromatic heterocycles. The quantitative estimate of drug-likeness (QED) is 0.351. The molecule has 0 amide bonds. The molecule has 1 aliphatic rings. The van der Waals surface area contributed by atoms with E-state index in [4.69, 9.17) is 13.9 Å². The molecule has 154 valence electrons. The van der Waals surface area contributed by atoms with Crippen molar-refractivity contribution >= 4 is 8.32 Å².